The summed E-state index contributed by atoms with van der Waals surface area (Å²) in [5.74, 6) is 0.485. The minimum Gasteiger partial charge on any atom is -0.361 e. The van der Waals surface area contributed by atoms with E-state index in [9.17, 15) is 9.18 Å². The first-order valence-electron chi connectivity index (χ1n) is 9.98. The van der Waals surface area contributed by atoms with Crippen LogP contribution in [0.2, 0.25) is 0 Å². The number of H-pyrrole nitrogens is 1. The van der Waals surface area contributed by atoms with Gasteiger partial charge in [0.1, 0.15) is 5.82 Å². The smallest absolute Gasteiger partial charge is 0.253 e. The molecule has 3 rings (SSSR count). The predicted molar refractivity (Wildman–Crippen MR) is 135 cm³/mol. The highest BCUT2D eigenvalue weighted by Gasteiger charge is 2.08. The van der Waals surface area contributed by atoms with E-state index in [1.165, 1.54) is 12.1 Å². The van der Waals surface area contributed by atoms with Gasteiger partial charge >= 0.3 is 0 Å². The number of guanidine groups is 1. The molecule has 0 spiro atoms. The van der Waals surface area contributed by atoms with Crippen LogP contribution >= 0.6 is 24.0 Å². The van der Waals surface area contributed by atoms with Crippen LogP contribution in [0.1, 0.15) is 21.5 Å². The summed E-state index contributed by atoms with van der Waals surface area (Å²) >= 11 is 0. The Balaban J connectivity index is 0.00000341. The molecule has 0 unspecified atom stereocenters. The number of aliphatic imine (C=N–C) groups is 1. The predicted octanol–water partition coefficient (Wildman–Crippen LogP) is 3.58. The Kier molecular flexibility index (Phi) is 9.29. The quantitative estimate of drug-likeness (QED) is 0.245. The summed E-state index contributed by atoms with van der Waals surface area (Å²) in [7, 11) is 5.24. The topological polar surface area (TPSA) is 72.5 Å². The monoisotopic (exact) mass is 537 g/mol. The molecule has 3 aromatic rings. The van der Waals surface area contributed by atoms with Crippen LogP contribution in [0.3, 0.4) is 0 Å². The molecule has 0 aliphatic rings. The molecule has 3 N–H and O–H groups in total. The number of aromatic amines is 1. The van der Waals surface area contributed by atoms with Crippen LogP contribution in [-0.4, -0.2) is 56.0 Å². The van der Waals surface area contributed by atoms with E-state index in [2.05, 4.69) is 20.6 Å². The molecule has 31 heavy (non-hydrogen) atoms. The number of carbonyl (C=O) groups excluding carboxylic acids is 1. The lowest BCUT2D eigenvalue weighted by Gasteiger charge is -2.13. The summed E-state index contributed by atoms with van der Waals surface area (Å²) in [6.45, 7) is 1.41. The summed E-state index contributed by atoms with van der Waals surface area (Å²) in [6.07, 6.45) is 3.49. The largest absolute Gasteiger partial charge is 0.361 e. The van der Waals surface area contributed by atoms with E-state index in [-0.39, 0.29) is 35.7 Å². The second kappa shape index (κ2) is 11.7. The third kappa shape index (κ3) is 6.68. The second-order valence-electron chi connectivity index (χ2n) is 7.33. The molecule has 0 aliphatic carbocycles. The molecule has 0 saturated heterocycles. The number of amides is 1. The number of benzene rings is 2. The van der Waals surface area contributed by atoms with Gasteiger partial charge in [-0.3, -0.25) is 9.79 Å². The molecule has 1 heterocycles. The maximum Gasteiger partial charge on any atom is 0.253 e. The van der Waals surface area contributed by atoms with E-state index in [0.29, 0.717) is 18.7 Å². The van der Waals surface area contributed by atoms with Crippen molar-refractivity contribution in [1.82, 2.24) is 20.5 Å². The fourth-order valence-electron chi connectivity index (χ4n) is 3.34. The van der Waals surface area contributed by atoms with E-state index in [4.69, 9.17) is 0 Å². The molecular formula is C23H29FIN5O. The number of aromatic nitrogens is 1. The van der Waals surface area contributed by atoms with Crippen LogP contribution < -0.4 is 10.6 Å². The molecule has 0 atom stereocenters. The van der Waals surface area contributed by atoms with Crippen molar-refractivity contribution in [2.45, 2.75) is 12.8 Å². The first-order valence-corrected chi connectivity index (χ1v) is 9.98. The van der Waals surface area contributed by atoms with Crippen LogP contribution in [0, 0.1) is 5.82 Å². The lowest BCUT2D eigenvalue weighted by atomic mass is 10.1. The van der Waals surface area contributed by atoms with Gasteiger partial charge in [-0.1, -0.05) is 12.1 Å². The van der Waals surface area contributed by atoms with Crippen molar-refractivity contribution in [3.63, 3.8) is 0 Å². The summed E-state index contributed by atoms with van der Waals surface area (Å²) in [5.41, 5.74) is 3.73. The van der Waals surface area contributed by atoms with Crippen molar-refractivity contribution >= 4 is 46.7 Å². The van der Waals surface area contributed by atoms with Crippen molar-refractivity contribution < 1.29 is 9.18 Å². The third-order valence-corrected chi connectivity index (χ3v) is 4.93. The van der Waals surface area contributed by atoms with Gasteiger partial charge in [0.2, 0.25) is 0 Å². The van der Waals surface area contributed by atoms with Crippen molar-refractivity contribution in [2.24, 2.45) is 4.99 Å². The van der Waals surface area contributed by atoms with Gasteiger partial charge in [-0.2, -0.15) is 0 Å². The Morgan fingerprint density at radius 3 is 2.55 bits per heavy atom. The van der Waals surface area contributed by atoms with Gasteiger partial charge in [0.15, 0.2) is 5.96 Å². The highest BCUT2D eigenvalue weighted by molar-refractivity contribution is 14.0. The number of carbonyl (C=O) groups is 1. The van der Waals surface area contributed by atoms with Crippen LogP contribution in [0.4, 0.5) is 4.39 Å². The van der Waals surface area contributed by atoms with Crippen molar-refractivity contribution in [3.8, 4) is 0 Å². The Morgan fingerprint density at radius 1 is 1.10 bits per heavy atom. The average Bonchev–Trinajstić information content (AvgIpc) is 3.14. The number of halogens is 2. The molecule has 6 nitrogen and oxygen atoms in total. The normalized spacial score (nSPS) is 11.2. The minimum absolute atomic E-state index is 0. The van der Waals surface area contributed by atoms with Gasteiger partial charge in [0.25, 0.3) is 5.91 Å². The Labute approximate surface area is 199 Å². The van der Waals surface area contributed by atoms with Crippen LogP contribution in [0.5, 0.6) is 0 Å². The van der Waals surface area contributed by atoms with Gasteiger partial charge in [0, 0.05) is 56.9 Å². The SMILES string of the molecule is CN=C(NCCc1cccc(C(=O)N(C)C)c1)NCCc1c[nH]c2cc(F)ccc12.I. The first kappa shape index (κ1) is 24.6. The van der Waals surface area contributed by atoms with E-state index in [1.54, 1.807) is 32.1 Å². The average molecular weight is 537 g/mol. The molecule has 0 aliphatic heterocycles. The number of nitrogens with one attached hydrogen (secondary N) is 3. The molecule has 1 amide bonds. The molecule has 1 aromatic heterocycles. The van der Waals surface area contributed by atoms with Gasteiger partial charge in [-0.15, -0.1) is 24.0 Å². The van der Waals surface area contributed by atoms with E-state index >= 15 is 0 Å². The van der Waals surface area contributed by atoms with Crippen molar-refractivity contribution in [1.29, 1.82) is 0 Å². The van der Waals surface area contributed by atoms with Gasteiger partial charge in [-0.25, -0.2) is 4.39 Å². The summed E-state index contributed by atoms with van der Waals surface area (Å²) in [5, 5.41) is 7.64. The van der Waals surface area contributed by atoms with Gasteiger partial charge in [0.05, 0.1) is 0 Å². The summed E-state index contributed by atoms with van der Waals surface area (Å²) in [4.78, 5) is 21.0. The molecule has 0 saturated carbocycles. The maximum absolute atomic E-state index is 13.3. The van der Waals surface area contributed by atoms with Crippen molar-refractivity contribution in [2.75, 3.05) is 34.2 Å². The van der Waals surface area contributed by atoms with Crippen LogP contribution in [0.15, 0.2) is 53.7 Å². The number of hydrogen-bond donors (Lipinski definition) is 3. The molecule has 0 radical (unpaired) electrons. The van der Waals surface area contributed by atoms with E-state index in [1.807, 2.05) is 30.5 Å². The van der Waals surface area contributed by atoms with E-state index < -0.39 is 0 Å². The number of rotatable bonds is 7. The molecular weight excluding hydrogens is 508 g/mol. The molecule has 0 bridgehead atoms. The zero-order valence-electron chi connectivity index (χ0n) is 18.0. The van der Waals surface area contributed by atoms with Crippen molar-refractivity contribution in [3.05, 3.63) is 71.2 Å². The highest BCUT2D eigenvalue weighted by atomic mass is 127. The standard InChI is InChI=1S/C23H28FN5O.HI/c1-25-23(26-11-9-16-5-4-6-17(13-16)22(30)29(2)3)27-12-10-18-15-28-21-14-19(24)7-8-20(18)21;/h4-8,13-15,28H,9-12H2,1-3H3,(H2,25,26,27);1H. The zero-order chi connectivity index (χ0) is 21.5. The van der Waals surface area contributed by atoms with Crippen LogP contribution in [-0.2, 0) is 12.8 Å². The first-order chi connectivity index (χ1) is 14.5. The second-order valence-corrected chi connectivity index (χ2v) is 7.33. The molecule has 2 aromatic carbocycles. The minimum atomic E-state index is -0.241. The third-order valence-electron chi connectivity index (χ3n) is 4.93. The fraction of sp³-hybridized carbons (Fsp3) is 0.304. The lowest BCUT2D eigenvalue weighted by Crippen LogP contribution is -2.39. The molecule has 0 fully saturated rings. The molecule has 166 valence electrons. The highest BCUT2D eigenvalue weighted by Crippen LogP contribution is 2.19. The fourth-order valence-corrected chi connectivity index (χ4v) is 3.34. The Bertz CT molecular complexity index is 1050. The lowest BCUT2D eigenvalue weighted by molar-refractivity contribution is 0.0827. The maximum atomic E-state index is 13.3. The number of hydrogen-bond acceptors (Lipinski definition) is 2. The van der Waals surface area contributed by atoms with Gasteiger partial charge in [-0.05, 0) is 54.3 Å². The Hall–Kier alpha value is -2.62. The van der Waals surface area contributed by atoms with Gasteiger partial charge < -0.3 is 20.5 Å². The van der Waals surface area contributed by atoms with E-state index in [0.717, 1.165) is 40.8 Å². The number of fused-ring (bicyclic) bond motifs is 1. The summed E-state index contributed by atoms with van der Waals surface area (Å²) in [6, 6.07) is 12.5. The Morgan fingerprint density at radius 2 is 1.84 bits per heavy atom. The molecule has 8 heteroatoms. The number of nitrogens with zero attached hydrogens (tertiary/aromatic N) is 2. The zero-order valence-corrected chi connectivity index (χ0v) is 20.4. The van der Waals surface area contributed by atoms with Crippen LogP contribution in [0.25, 0.3) is 10.9 Å². The summed E-state index contributed by atoms with van der Waals surface area (Å²) < 4.78 is 13.3.